The van der Waals surface area contributed by atoms with Gasteiger partial charge in [0.05, 0.1) is 29.7 Å². The molecule has 1 fully saturated rings. The number of aromatic nitrogens is 3. The first-order valence-corrected chi connectivity index (χ1v) is 10.5. The Morgan fingerprint density at radius 1 is 1.19 bits per heavy atom. The first-order chi connectivity index (χ1) is 15.0. The smallest absolute Gasteiger partial charge is 0.306 e. The number of hydrogen-bond donors (Lipinski definition) is 2. The predicted molar refractivity (Wildman–Crippen MR) is 110 cm³/mol. The Bertz CT molecular complexity index is 1110. The number of carbonyl (C=O) groups is 3. The first-order valence-electron chi connectivity index (χ1n) is 10.5. The first kappa shape index (κ1) is 19.5. The third kappa shape index (κ3) is 3.72. The van der Waals surface area contributed by atoms with Crippen LogP contribution in [-0.4, -0.2) is 56.7 Å². The van der Waals surface area contributed by atoms with Crippen LogP contribution in [0.25, 0.3) is 11.3 Å². The van der Waals surface area contributed by atoms with E-state index < -0.39 is 0 Å². The molecule has 1 atom stereocenters. The molecule has 31 heavy (non-hydrogen) atoms. The van der Waals surface area contributed by atoms with E-state index >= 15 is 0 Å². The van der Waals surface area contributed by atoms with Crippen LogP contribution in [0.15, 0.2) is 42.0 Å². The van der Waals surface area contributed by atoms with Crippen LogP contribution in [0.4, 0.5) is 5.82 Å². The normalized spacial score (nSPS) is 20.8. The van der Waals surface area contributed by atoms with Crippen LogP contribution < -0.4 is 10.2 Å². The van der Waals surface area contributed by atoms with Crippen LogP contribution >= 0.6 is 0 Å². The number of amides is 3. The largest absolute Gasteiger partial charge is 0.315 e. The monoisotopic (exact) mass is 419 g/mol. The van der Waals surface area contributed by atoms with Crippen LogP contribution in [0.1, 0.15) is 31.4 Å². The van der Waals surface area contributed by atoms with E-state index in [-0.39, 0.29) is 30.3 Å². The fraction of sp³-hybridized carbons (Fsp3) is 0.364. The zero-order chi connectivity index (χ0) is 21.5. The summed E-state index contributed by atoms with van der Waals surface area (Å²) >= 11 is 0. The van der Waals surface area contributed by atoms with Gasteiger partial charge in [-0.2, -0.15) is 0 Å². The molecule has 2 aromatic heterocycles. The third-order valence-electron chi connectivity index (χ3n) is 5.84. The van der Waals surface area contributed by atoms with Crippen molar-refractivity contribution in [3.05, 3.63) is 47.7 Å². The number of nitrogens with one attached hydrogen (secondary N) is 2. The predicted octanol–water partition coefficient (Wildman–Crippen LogP) is 0.250. The Morgan fingerprint density at radius 3 is 2.74 bits per heavy atom. The van der Waals surface area contributed by atoms with Crippen molar-refractivity contribution in [2.75, 3.05) is 18.4 Å². The van der Waals surface area contributed by atoms with Crippen molar-refractivity contribution >= 4 is 23.5 Å². The van der Waals surface area contributed by atoms with E-state index in [0.29, 0.717) is 35.7 Å². The lowest BCUT2D eigenvalue weighted by Gasteiger charge is -2.22. The molecule has 1 aliphatic carbocycles. The highest BCUT2D eigenvalue weighted by Crippen LogP contribution is 2.34. The number of rotatable bonds is 5. The Labute approximate surface area is 179 Å². The minimum atomic E-state index is -0.246. The van der Waals surface area contributed by atoms with Crippen molar-refractivity contribution in [2.24, 2.45) is 0 Å². The van der Waals surface area contributed by atoms with Crippen molar-refractivity contribution < 1.29 is 19.3 Å². The van der Waals surface area contributed by atoms with Crippen LogP contribution in [-0.2, 0) is 14.4 Å². The minimum Gasteiger partial charge on any atom is -0.306 e. The lowest BCUT2D eigenvalue weighted by atomic mass is 10.0. The van der Waals surface area contributed by atoms with Gasteiger partial charge in [0, 0.05) is 30.4 Å². The molecular weight excluding hydrogens is 396 g/mol. The van der Waals surface area contributed by atoms with Gasteiger partial charge in [0.2, 0.25) is 5.70 Å². The number of carbonyl (C=O) groups excluding carboxylic acids is 3. The maximum Gasteiger partial charge on any atom is 0.315 e. The van der Waals surface area contributed by atoms with Crippen molar-refractivity contribution in [3.8, 4) is 11.3 Å². The molecular formula is C22H23N6O3+. The molecule has 9 nitrogen and oxygen atoms in total. The van der Waals surface area contributed by atoms with E-state index in [2.05, 4.69) is 20.3 Å². The van der Waals surface area contributed by atoms with Crippen LogP contribution in [0.3, 0.4) is 0 Å². The van der Waals surface area contributed by atoms with Gasteiger partial charge in [0.1, 0.15) is 5.82 Å². The molecule has 158 valence electrons. The summed E-state index contributed by atoms with van der Waals surface area (Å²) in [5.74, 6) is -0.193. The lowest BCUT2D eigenvalue weighted by molar-refractivity contribution is -0.850. The maximum absolute atomic E-state index is 12.8. The summed E-state index contributed by atoms with van der Waals surface area (Å²) in [4.78, 5) is 53.2. The highest BCUT2D eigenvalue weighted by Gasteiger charge is 2.51. The van der Waals surface area contributed by atoms with Gasteiger partial charge in [-0.3, -0.25) is 29.2 Å². The molecule has 1 unspecified atom stereocenters. The standard InChI is InChI=1S/C22H22N6O3/c1-13-9-23-11-17(25-13)14-4-7-18(24-10-14)26-19(29)12-27-8-2-3-16-20(27)22(31)28(21(16)30)15-5-6-15/h4,7,9-11,15H,2-3,5-6,8,12H2,1H3,(H,24,26,29)/p+1. The van der Waals surface area contributed by atoms with E-state index in [1.54, 1.807) is 24.7 Å². The summed E-state index contributed by atoms with van der Waals surface area (Å²) in [5.41, 5.74) is 3.41. The Kier molecular flexibility index (Phi) is 4.82. The van der Waals surface area contributed by atoms with Gasteiger partial charge >= 0.3 is 5.91 Å². The summed E-state index contributed by atoms with van der Waals surface area (Å²) in [7, 11) is 0. The van der Waals surface area contributed by atoms with E-state index in [1.165, 1.54) is 4.90 Å². The summed E-state index contributed by atoms with van der Waals surface area (Å²) in [6.45, 7) is 2.61. The second-order valence-corrected chi connectivity index (χ2v) is 8.22. The average molecular weight is 419 g/mol. The molecule has 5 rings (SSSR count). The average Bonchev–Trinajstić information content (AvgIpc) is 3.55. The molecule has 0 radical (unpaired) electrons. The van der Waals surface area contributed by atoms with Gasteiger partial charge in [-0.05, 0) is 38.3 Å². The van der Waals surface area contributed by atoms with Crippen LogP contribution in [0.2, 0.25) is 0 Å². The third-order valence-corrected chi connectivity index (χ3v) is 5.84. The number of aryl methyl sites for hydroxylation is 1. The van der Waals surface area contributed by atoms with Crippen LogP contribution in [0.5, 0.6) is 0 Å². The van der Waals surface area contributed by atoms with Crippen molar-refractivity contribution in [2.45, 2.75) is 38.6 Å². The molecule has 0 aromatic carbocycles. The molecule has 0 bridgehead atoms. The Hall–Kier alpha value is -3.46. The number of imide groups is 1. The molecule has 9 heteroatoms. The topological polar surface area (TPSA) is 110 Å². The molecule has 2 aliphatic heterocycles. The fourth-order valence-electron chi connectivity index (χ4n) is 4.24. The van der Waals surface area contributed by atoms with E-state index in [9.17, 15) is 14.4 Å². The molecule has 4 heterocycles. The van der Waals surface area contributed by atoms with E-state index in [4.69, 9.17) is 0 Å². The number of quaternary nitrogens is 1. The van der Waals surface area contributed by atoms with Crippen LogP contribution in [0, 0.1) is 6.92 Å². The van der Waals surface area contributed by atoms with Crippen molar-refractivity contribution in [3.63, 3.8) is 0 Å². The molecule has 3 amide bonds. The van der Waals surface area contributed by atoms with Gasteiger partial charge in [-0.15, -0.1) is 0 Å². The van der Waals surface area contributed by atoms with E-state index in [1.807, 2.05) is 13.0 Å². The zero-order valence-electron chi connectivity index (χ0n) is 17.2. The summed E-state index contributed by atoms with van der Waals surface area (Å²) in [6.07, 6.45) is 8.13. The number of nitrogens with zero attached hydrogens (tertiary/aromatic N) is 4. The molecule has 3 aliphatic rings. The van der Waals surface area contributed by atoms with Gasteiger partial charge in [0.15, 0.2) is 6.54 Å². The van der Waals surface area contributed by atoms with Gasteiger partial charge in [0.25, 0.3) is 11.8 Å². The van der Waals surface area contributed by atoms with Crippen molar-refractivity contribution in [1.29, 1.82) is 0 Å². The highest BCUT2D eigenvalue weighted by molar-refractivity contribution is 6.18. The van der Waals surface area contributed by atoms with Gasteiger partial charge in [-0.1, -0.05) is 0 Å². The molecule has 0 spiro atoms. The summed E-state index contributed by atoms with van der Waals surface area (Å²) in [5, 5.41) is 2.79. The zero-order valence-corrected chi connectivity index (χ0v) is 17.2. The number of hydrogen-bond acceptors (Lipinski definition) is 6. The quantitative estimate of drug-likeness (QED) is 0.673. The maximum atomic E-state index is 12.8. The number of pyridine rings is 1. The Balaban J connectivity index is 1.26. The molecule has 2 aromatic rings. The summed E-state index contributed by atoms with van der Waals surface area (Å²) < 4.78 is 0. The SMILES string of the molecule is Cc1cncc(-c2ccc(NC(=O)C[NH+]3CCCC4=C3C(=O)N(C3CC3)C4=O)nc2)n1. The van der Waals surface area contributed by atoms with Gasteiger partial charge in [-0.25, -0.2) is 9.97 Å². The minimum absolute atomic E-state index is 0.0430. The van der Waals surface area contributed by atoms with Gasteiger partial charge < -0.3 is 5.32 Å². The molecule has 2 N–H and O–H groups in total. The second kappa shape index (κ2) is 7.66. The highest BCUT2D eigenvalue weighted by atomic mass is 16.2. The van der Waals surface area contributed by atoms with E-state index in [0.717, 1.165) is 35.4 Å². The lowest BCUT2D eigenvalue weighted by Crippen LogP contribution is -3.12. The number of anilines is 1. The molecule has 0 saturated heterocycles. The fourth-order valence-corrected chi connectivity index (χ4v) is 4.24. The second-order valence-electron chi connectivity index (χ2n) is 8.22. The van der Waals surface area contributed by atoms with Crippen molar-refractivity contribution in [1.82, 2.24) is 19.9 Å². The summed E-state index contributed by atoms with van der Waals surface area (Å²) in [6, 6.07) is 3.58. The Morgan fingerprint density at radius 2 is 2.03 bits per heavy atom. The molecule has 1 saturated carbocycles.